The number of quaternary nitrogens is 1. The molecule has 14 heavy (non-hydrogen) atoms. The van der Waals surface area contributed by atoms with Gasteiger partial charge in [0.15, 0.2) is 0 Å². The first-order valence-corrected chi connectivity index (χ1v) is 5.18. The van der Waals surface area contributed by atoms with Gasteiger partial charge in [0.1, 0.15) is 0 Å². The molecule has 0 radical (unpaired) electrons. The summed E-state index contributed by atoms with van der Waals surface area (Å²) >= 11 is 0. The molecule has 2 rings (SSSR count). The summed E-state index contributed by atoms with van der Waals surface area (Å²) in [6.45, 7) is 4.51. The highest BCUT2D eigenvalue weighted by atomic mass is 15.2. The molecule has 3 heteroatoms. The van der Waals surface area contributed by atoms with E-state index in [0.717, 1.165) is 19.6 Å². The van der Waals surface area contributed by atoms with E-state index in [1.165, 1.54) is 23.6 Å². The second kappa shape index (κ2) is 4.42. The molecule has 1 aromatic rings. The largest absolute Gasteiger partial charge is 0.466 e. The fourth-order valence-corrected chi connectivity index (χ4v) is 1.85. The number of hydrogen-bond donors (Lipinski definition) is 1. The quantitative estimate of drug-likeness (QED) is 0.629. The van der Waals surface area contributed by atoms with Crippen molar-refractivity contribution in [3.8, 4) is 0 Å². The standard InChI is InChI=1S/C11H17N3/c1-13-6-3-7-14(9-8-13)11-4-2-5-12-10-11/h2,4-5,10,13H,1,3,6-9H2. The molecule has 0 saturated carbocycles. The Morgan fingerprint density at radius 1 is 1.36 bits per heavy atom. The minimum atomic E-state index is 1.09. The van der Waals surface area contributed by atoms with Crippen molar-refractivity contribution in [2.45, 2.75) is 6.42 Å². The number of hydrogen-bond acceptors (Lipinski definition) is 2. The summed E-state index contributed by atoms with van der Waals surface area (Å²) in [4.78, 5) is 7.92. The van der Waals surface area contributed by atoms with Gasteiger partial charge in [-0.1, -0.05) is 0 Å². The number of nitrogens with one attached hydrogen (secondary N) is 1. The van der Waals surface area contributed by atoms with Crippen LogP contribution in [0.1, 0.15) is 6.42 Å². The summed E-state index contributed by atoms with van der Waals surface area (Å²) in [6, 6.07) is 4.12. The zero-order chi connectivity index (χ0) is 9.80. The van der Waals surface area contributed by atoms with Crippen LogP contribution in [0.25, 0.3) is 0 Å². The summed E-state index contributed by atoms with van der Waals surface area (Å²) in [5.74, 6) is 0. The summed E-state index contributed by atoms with van der Waals surface area (Å²) in [5.41, 5.74) is 1.24. The maximum Gasteiger partial charge on any atom is 0.0708 e. The Kier molecular flexibility index (Phi) is 2.99. The molecule has 0 aliphatic carbocycles. The van der Waals surface area contributed by atoms with Crippen molar-refractivity contribution >= 4 is 5.69 Å². The van der Waals surface area contributed by atoms with Crippen LogP contribution in [0.5, 0.6) is 0 Å². The predicted molar refractivity (Wildman–Crippen MR) is 57.1 cm³/mol. The second-order valence-electron chi connectivity index (χ2n) is 3.80. The fraction of sp³-hybridized carbons (Fsp3) is 0.455. The molecule has 1 aromatic heterocycles. The van der Waals surface area contributed by atoms with Crippen molar-refractivity contribution in [1.82, 2.24) is 4.98 Å². The molecule has 0 bridgehead atoms. The van der Waals surface area contributed by atoms with Crippen LogP contribution < -0.4 is 9.80 Å². The maximum absolute atomic E-state index is 4.15. The monoisotopic (exact) mass is 191 g/mol. The lowest BCUT2D eigenvalue weighted by Gasteiger charge is -2.22. The van der Waals surface area contributed by atoms with Gasteiger partial charge in [0.05, 0.1) is 31.5 Å². The van der Waals surface area contributed by atoms with Gasteiger partial charge in [-0.2, -0.15) is 7.05 Å². The van der Waals surface area contributed by atoms with Gasteiger partial charge >= 0.3 is 0 Å². The average Bonchev–Trinajstić information content (AvgIpc) is 2.44. The van der Waals surface area contributed by atoms with Gasteiger partial charge in [-0.3, -0.25) is 4.98 Å². The molecule has 1 unspecified atom stereocenters. The van der Waals surface area contributed by atoms with Crippen LogP contribution in [-0.2, 0) is 0 Å². The van der Waals surface area contributed by atoms with E-state index in [9.17, 15) is 0 Å². The SMILES string of the molecule is [CH2-][NH+]1CCCN(c2cccnc2)CC1. The van der Waals surface area contributed by atoms with E-state index in [-0.39, 0.29) is 0 Å². The molecule has 76 valence electrons. The minimum Gasteiger partial charge on any atom is -0.466 e. The van der Waals surface area contributed by atoms with Gasteiger partial charge < -0.3 is 9.80 Å². The summed E-state index contributed by atoms with van der Waals surface area (Å²) in [6.07, 6.45) is 4.97. The molecule has 3 nitrogen and oxygen atoms in total. The minimum absolute atomic E-state index is 1.09. The van der Waals surface area contributed by atoms with Crippen LogP contribution in [0.4, 0.5) is 5.69 Å². The first-order valence-electron chi connectivity index (χ1n) is 5.18. The normalized spacial score (nSPS) is 23.2. The van der Waals surface area contributed by atoms with Crippen molar-refractivity contribution < 1.29 is 4.90 Å². The molecular weight excluding hydrogens is 174 g/mol. The van der Waals surface area contributed by atoms with E-state index in [0.29, 0.717) is 0 Å². The highest BCUT2D eigenvalue weighted by molar-refractivity contribution is 5.43. The Bertz CT molecular complexity index is 273. The molecule has 2 heterocycles. The lowest BCUT2D eigenvalue weighted by molar-refractivity contribution is -0.850. The fourth-order valence-electron chi connectivity index (χ4n) is 1.85. The van der Waals surface area contributed by atoms with Gasteiger partial charge in [-0.25, -0.2) is 0 Å². The Morgan fingerprint density at radius 2 is 2.29 bits per heavy atom. The van der Waals surface area contributed by atoms with Gasteiger partial charge in [-0.05, 0) is 12.1 Å². The molecule has 0 spiro atoms. The molecule has 1 aliphatic rings. The molecular formula is C11H17N3. The van der Waals surface area contributed by atoms with Crippen molar-refractivity contribution in [3.63, 3.8) is 0 Å². The first-order chi connectivity index (χ1) is 6.86. The van der Waals surface area contributed by atoms with Crippen molar-refractivity contribution in [1.29, 1.82) is 0 Å². The Balaban J connectivity index is 2.04. The molecule has 1 N–H and O–H groups in total. The van der Waals surface area contributed by atoms with Gasteiger partial charge in [0, 0.05) is 19.2 Å². The van der Waals surface area contributed by atoms with E-state index in [1.807, 2.05) is 18.5 Å². The average molecular weight is 191 g/mol. The Labute approximate surface area is 85.4 Å². The van der Waals surface area contributed by atoms with E-state index >= 15 is 0 Å². The Hall–Kier alpha value is -1.09. The number of aromatic nitrogens is 1. The highest BCUT2D eigenvalue weighted by Crippen LogP contribution is 2.11. The van der Waals surface area contributed by atoms with Crippen LogP contribution >= 0.6 is 0 Å². The molecule has 1 fully saturated rings. The van der Waals surface area contributed by atoms with E-state index < -0.39 is 0 Å². The number of anilines is 1. The smallest absolute Gasteiger partial charge is 0.0708 e. The first kappa shape index (κ1) is 9.46. The van der Waals surface area contributed by atoms with Crippen molar-refractivity contribution in [3.05, 3.63) is 31.6 Å². The Morgan fingerprint density at radius 3 is 3.07 bits per heavy atom. The number of rotatable bonds is 1. The third-order valence-electron chi connectivity index (χ3n) is 2.70. The van der Waals surface area contributed by atoms with Crippen LogP contribution in [0.3, 0.4) is 0 Å². The van der Waals surface area contributed by atoms with E-state index in [4.69, 9.17) is 0 Å². The number of nitrogens with zero attached hydrogens (tertiary/aromatic N) is 2. The van der Waals surface area contributed by atoms with E-state index in [1.54, 1.807) is 0 Å². The second-order valence-corrected chi connectivity index (χ2v) is 3.80. The van der Waals surface area contributed by atoms with Gasteiger partial charge in [0.25, 0.3) is 0 Å². The lowest BCUT2D eigenvalue weighted by Crippen LogP contribution is -3.07. The van der Waals surface area contributed by atoms with Crippen molar-refractivity contribution in [2.24, 2.45) is 0 Å². The van der Waals surface area contributed by atoms with Crippen LogP contribution in [-0.4, -0.2) is 31.2 Å². The maximum atomic E-state index is 4.15. The predicted octanol–water partition coefficient (Wildman–Crippen LogP) is -0.0318. The summed E-state index contributed by atoms with van der Waals surface area (Å²) in [5, 5.41) is 0. The van der Waals surface area contributed by atoms with Gasteiger partial charge in [-0.15, -0.1) is 0 Å². The van der Waals surface area contributed by atoms with Crippen LogP contribution in [0.15, 0.2) is 24.5 Å². The molecule has 1 aliphatic heterocycles. The van der Waals surface area contributed by atoms with Gasteiger partial charge in [0.2, 0.25) is 0 Å². The molecule has 1 atom stereocenters. The summed E-state index contributed by atoms with van der Waals surface area (Å²) in [7, 11) is 4.06. The highest BCUT2D eigenvalue weighted by Gasteiger charge is 2.12. The van der Waals surface area contributed by atoms with Crippen LogP contribution in [0, 0.1) is 7.05 Å². The van der Waals surface area contributed by atoms with Crippen molar-refractivity contribution in [2.75, 3.05) is 31.1 Å². The third-order valence-corrected chi connectivity index (χ3v) is 2.70. The molecule has 1 saturated heterocycles. The molecule has 0 amide bonds. The third kappa shape index (κ3) is 2.23. The van der Waals surface area contributed by atoms with E-state index in [2.05, 4.69) is 23.0 Å². The molecule has 0 aromatic carbocycles. The lowest BCUT2D eigenvalue weighted by atomic mass is 10.3. The zero-order valence-electron chi connectivity index (χ0n) is 8.45. The van der Waals surface area contributed by atoms with Crippen LogP contribution in [0.2, 0.25) is 0 Å². The summed E-state index contributed by atoms with van der Waals surface area (Å²) < 4.78 is 0. The zero-order valence-corrected chi connectivity index (χ0v) is 8.45. The topological polar surface area (TPSA) is 20.6 Å². The number of pyridine rings is 1.